The van der Waals surface area contributed by atoms with Crippen LogP contribution in [0.4, 0.5) is 5.82 Å². The molecule has 1 atom stereocenters. The monoisotopic (exact) mass is 288 g/mol. The lowest BCUT2D eigenvalue weighted by Gasteiger charge is -2.24. The molecule has 1 aliphatic heterocycles. The molecule has 1 unspecified atom stereocenters. The summed E-state index contributed by atoms with van der Waals surface area (Å²) in [7, 11) is 0. The minimum absolute atomic E-state index is 0.562. The van der Waals surface area contributed by atoms with E-state index in [1.807, 2.05) is 18.3 Å². The van der Waals surface area contributed by atoms with Crippen molar-refractivity contribution >= 4 is 16.8 Å². The first kappa shape index (κ1) is 14.4. The van der Waals surface area contributed by atoms with Gasteiger partial charge in [0.2, 0.25) is 0 Å². The van der Waals surface area contributed by atoms with Crippen molar-refractivity contribution in [2.24, 2.45) is 11.7 Å². The van der Waals surface area contributed by atoms with Gasteiger partial charge in [0.1, 0.15) is 11.4 Å². The van der Waals surface area contributed by atoms with Gasteiger partial charge in [-0.25, -0.2) is 4.98 Å². The molecule has 0 saturated carbocycles. The third-order valence-corrected chi connectivity index (χ3v) is 4.22. The molecule has 2 aromatic heterocycles. The van der Waals surface area contributed by atoms with Gasteiger partial charge in [-0.05, 0) is 37.6 Å². The topological polar surface area (TPSA) is 58.5 Å². The van der Waals surface area contributed by atoms with Crippen LogP contribution in [0.15, 0.2) is 29.0 Å². The van der Waals surface area contributed by atoms with Gasteiger partial charge in [0.05, 0.1) is 11.6 Å². The maximum absolute atomic E-state index is 5.74. The molecule has 0 radical (unpaired) electrons. The first-order valence-corrected chi connectivity index (χ1v) is 7.77. The van der Waals surface area contributed by atoms with E-state index in [2.05, 4.69) is 21.7 Å². The number of aromatic nitrogens is 1. The zero-order valence-electron chi connectivity index (χ0n) is 12.7. The maximum atomic E-state index is 5.74. The molecule has 21 heavy (non-hydrogen) atoms. The third-order valence-electron chi connectivity index (χ3n) is 4.22. The lowest BCUT2D eigenvalue weighted by molar-refractivity contribution is 0.255. The maximum Gasteiger partial charge on any atom is 0.139 e. The highest BCUT2D eigenvalue weighted by Crippen LogP contribution is 2.26. The molecule has 1 saturated heterocycles. The molecule has 0 aromatic carbocycles. The van der Waals surface area contributed by atoms with Crippen LogP contribution in [0.5, 0.6) is 0 Å². The van der Waals surface area contributed by atoms with Gasteiger partial charge in [0, 0.05) is 32.4 Å². The molecule has 3 rings (SSSR count). The Labute approximate surface area is 125 Å². The van der Waals surface area contributed by atoms with E-state index in [9.17, 15) is 0 Å². The number of fused-ring (bicyclic) bond motifs is 1. The molecule has 0 amide bonds. The summed E-state index contributed by atoms with van der Waals surface area (Å²) in [4.78, 5) is 9.47. The predicted octanol–water partition coefficient (Wildman–Crippen LogP) is 1.93. The number of anilines is 1. The highest BCUT2D eigenvalue weighted by molar-refractivity contribution is 5.88. The first-order chi connectivity index (χ1) is 10.3. The zero-order valence-corrected chi connectivity index (χ0v) is 12.7. The summed E-state index contributed by atoms with van der Waals surface area (Å²) >= 11 is 0. The van der Waals surface area contributed by atoms with E-state index in [1.165, 1.54) is 0 Å². The number of pyridine rings is 1. The Hall–Kier alpha value is -1.59. The van der Waals surface area contributed by atoms with Gasteiger partial charge >= 0.3 is 0 Å². The van der Waals surface area contributed by atoms with Gasteiger partial charge in [-0.2, -0.15) is 0 Å². The van der Waals surface area contributed by atoms with Crippen LogP contribution in [0.3, 0.4) is 0 Å². The minimum atomic E-state index is 0.562. The van der Waals surface area contributed by atoms with Crippen LogP contribution in [0.2, 0.25) is 0 Å². The van der Waals surface area contributed by atoms with Crippen LogP contribution >= 0.6 is 0 Å². The molecule has 2 N–H and O–H groups in total. The van der Waals surface area contributed by atoms with Gasteiger partial charge in [0.25, 0.3) is 0 Å². The van der Waals surface area contributed by atoms with Crippen molar-refractivity contribution in [1.82, 2.24) is 9.88 Å². The second-order valence-corrected chi connectivity index (χ2v) is 5.95. The number of rotatable bonds is 4. The van der Waals surface area contributed by atoms with Crippen LogP contribution in [-0.4, -0.2) is 49.2 Å². The number of nitrogens with zero attached hydrogens (tertiary/aromatic N) is 3. The molecular formula is C16H24N4O. The molecule has 2 aromatic rings. The fourth-order valence-electron chi connectivity index (χ4n) is 3.01. The quantitative estimate of drug-likeness (QED) is 0.931. The summed E-state index contributed by atoms with van der Waals surface area (Å²) < 4.78 is 5.48. The summed E-state index contributed by atoms with van der Waals surface area (Å²) in [6.45, 7) is 8.34. The van der Waals surface area contributed by atoms with Crippen molar-refractivity contribution in [3.05, 3.63) is 24.6 Å². The highest BCUT2D eigenvalue weighted by atomic mass is 16.3. The van der Waals surface area contributed by atoms with Crippen molar-refractivity contribution in [2.75, 3.05) is 44.2 Å². The van der Waals surface area contributed by atoms with Crippen LogP contribution in [0, 0.1) is 5.92 Å². The van der Waals surface area contributed by atoms with Crippen LogP contribution in [-0.2, 0) is 0 Å². The molecule has 0 spiro atoms. The van der Waals surface area contributed by atoms with Crippen molar-refractivity contribution in [3.63, 3.8) is 0 Å². The van der Waals surface area contributed by atoms with Crippen LogP contribution in [0.25, 0.3) is 11.0 Å². The largest absolute Gasteiger partial charge is 0.464 e. The molecule has 3 heterocycles. The number of hydrogen-bond donors (Lipinski definition) is 1. The Bertz CT molecular complexity index is 582. The number of nitrogens with two attached hydrogens (primary N) is 1. The zero-order chi connectivity index (χ0) is 14.7. The van der Waals surface area contributed by atoms with E-state index in [0.717, 1.165) is 62.5 Å². The molecule has 5 nitrogen and oxygen atoms in total. The van der Waals surface area contributed by atoms with E-state index in [1.54, 1.807) is 6.26 Å². The first-order valence-electron chi connectivity index (χ1n) is 7.77. The summed E-state index contributed by atoms with van der Waals surface area (Å²) in [6.07, 6.45) is 4.73. The van der Waals surface area contributed by atoms with Gasteiger partial charge in [-0.15, -0.1) is 0 Å². The molecule has 1 fully saturated rings. The summed E-state index contributed by atoms with van der Waals surface area (Å²) in [5.41, 5.74) is 6.65. The van der Waals surface area contributed by atoms with Crippen molar-refractivity contribution in [2.45, 2.75) is 13.3 Å². The molecular weight excluding hydrogens is 264 g/mol. The predicted molar refractivity (Wildman–Crippen MR) is 85.5 cm³/mol. The van der Waals surface area contributed by atoms with E-state index >= 15 is 0 Å². The second kappa shape index (κ2) is 6.45. The number of hydrogen-bond acceptors (Lipinski definition) is 5. The Balaban J connectivity index is 1.71. The van der Waals surface area contributed by atoms with E-state index < -0.39 is 0 Å². The Morgan fingerprint density at radius 1 is 1.29 bits per heavy atom. The van der Waals surface area contributed by atoms with Gasteiger partial charge < -0.3 is 20.0 Å². The van der Waals surface area contributed by atoms with Crippen molar-refractivity contribution in [3.8, 4) is 0 Å². The molecule has 114 valence electrons. The third kappa shape index (κ3) is 3.19. The normalized spacial score (nSPS) is 18.9. The molecule has 0 bridgehead atoms. The Kier molecular flexibility index (Phi) is 4.41. The van der Waals surface area contributed by atoms with Crippen LogP contribution < -0.4 is 10.6 Å². The van der Waals surface area contributed by atoms with E-state index in [0.29, 0.717) is 5.92 Å². The molecule has 0 aliphatic carbocycles. The fourth-order valence-corrected chi connectivity index (χ4v) is 3.01. The summed E-state index contributed by atoms with van der Waals surface area (Å²) in [5, 5.41) is 1.11. The Morgan fingerprint density at radius 3 is 3.05 bits per heavy atom. The highest BCUT2D eigenvalue weighted by Gasteiger charge is 2.19. The van der Waals surface area contributed by atoms with Gasteiger partial charge in [-0.3, -0.25) is 0 Å². The van der Waals surface area contributed by atoms with Crippen molar-refractivity contribution in [1.29, 1.82) is 0 Å². The fraction of sp³-hybridized carbons (Fsp3) is 0.562. The molecule has 1 aliphatic rings. The van der Waals surface area contributed by atoms with Gasteiger partial charge in [0.15, 0.2) is 0 Å². The molecule has 5 heteroatoms. The summed E-state index contributed by atoms with van der Waals surface area (Å²) in [6, 6.07) is 3.93. The minimum Gasteiger partial charge on any atom is -0.464 e. The lowest BCUT2D eigenvalue weighted by Crippen LogP contribution is -2.35. The standard InChI is InChI=1S/C16H24N4O/c1-13(11-17)12-19-6-2-7-20(9-8-19)16-14-4-10-21-15(14)3-5-18-16/h3-5,10,13H,2,6-9,11-12,17H2,1H3. The SMILES string of the molecule is CC(CN)CN1CCCN(c2nccc3occc23)CC1. The number of furan rings is 1. The van der Waals surface area contributed by atoms with Crippen LogP contribution in [0.1, 0.15) is 13.3 Å². The van der Waals surface area contributed by atoms with E-state index in [4.69, 9.17) is 10.2 Å². The Morgan fingerprint density at radius 2 is 2.19 bits per heavy atom. The van der Waals surface area contributed by atoms with E-state index in [-0.39, 0.29) is 0 Å². The average molecular weight is 288 g/mol. The average Bonchev–Trinajstić information content (AvgIpc) is 2.87. The summed E-state index contributed by atoms with van der Waals surface area (Å²) in [5.74, 6) is 1.61. The van der Waals surface area contributed by atoms with Gasteiger partial charge in [-0.1, -0.05) is 6.92 Å². The smallest absolute Gasteiger partial charge is 0.139 e. The lowest BCUT2D eigenvalue weighted by atomic mass is 10.1. The second-order valence-electron chi connectivity index (χ2n) is 5.95. The van der Waals surface area contributed by atoms with Crippen molar-refractivity contribution < 1.29 is 4.42 Å².